The van der Waals surface area contributed by atoms with Gasteiger partial charge in [0.15, 0.2) is 0 Å². The summed E-state index contributed by atoms with van der Waals surface area (Å²) in [6.45, 7) is 5.38. The highest BCUT2D eigenvalue weighted by Gasteiger charge is 2.21. The van der Waals surface area contributed by atoms with E-state index < -0.39 is 17.3 Å². The van der Waals surface area contributed by atoms with Gasteiger partial charge in [0.1, 0.15) is 23.2 Å². The predicted octanol–water partition coefficient (Wildman–Crippen LogP) is 3.39. The van der Waals surface area contributed by atoms with Crippen LogP contribution in [0.25, 0.3) is 10.4 Å². The molecule has 4 rings (SSSR count). The maximum absolute atomic E-state index is 14.9. The minimum atomic E-state index is -1.18. The van der Waals surface area contributed by atoms with Crippen LogP contribution in [0.5, 0.6) is 0 Å². The zero-order chi connectivity index (χ0) is 26.6. The third kappa shape index (κ3) is 6.69. The number of hydrogen-bond acceptors (Lipinski definition) is 8. The van der Waals surface area contributed by atoms with Crippen LogP contribution in [0.1, 0.15) is 35.5 Å². The van der Waals surface area contributed by atoms with E-state index in [2.05, 4.69) is 10.3 Å². The van der Waals surface area contributed by atoms with E-state index in [1.165, 1.54) is 12.1 Å². The van der Waals surface area contributed by atoms with Crippen molar-refractivity contribution < 1.29 is 28.6 Å². The zero-order valence-corrected chi connectivity index (χ0v) is 21.4. The Morgan fingerprint density at radius 3 is 2.68 bits per heavy atom. The molecule has 4 N–H and O–H groups in total. The Balaban J connectivity index is 1.46. The van der Waals surface area contributed by atoms with Crippen LogP contribution in [0.2, 0.25) is 0 Å². The van der Waals surface area contributed by atoms with Gasteiger partial charge in [-0.3, -0.25) is 9.59 Å². The van der Waals surface area contributed by atoms with Gasteiger partial charge in [-0.1, -0.05) is 18.2 Å². The Morgan fingerprint density at radius 1 is 1.24 bits per heavy atom. The molecule has 2 aromatic heterocycles. The smallest absolute Gasteiger partial charge is 0.251 e. The van der Waals surface area contributed by atoms with Gasteiger partial charge in [-0.05, 0) is 43.7 Å². The van der Waals surface area contributed by atoms with Crippen molar-refractivity contribution in [3.63, 3.8) is 0 Å². The Kier molecular flexibility index (Phi) is 8.18. The molecule has 9 nitrogen and oxygen atoms in total. The molecule has 0 saturated carbocycles. The molecule has 196 valence electrons. The second-order valence-electron chi connectivity index (χ2n) is 9.10. The molecule has 0 bridgehead atoms. The highest BCUT2D eigenvalue weighted by molar-refractivity contribution is 7.19. The number of nitrogens with zero attached hydrogens (tertiary/aromatic N) is 2. The largest absolute Gasteiger partial charge is 0.386 e. The summed E-state index contributed by atoms with van der Waals surface area (Å²) in [5.41, 5.74) is 5.91. The van der Waals surface area contributed by atoms with E-state index in [-0.39, 0.29) is 30.2 Å². The van der Waals surface area contributed by atoms with Crippen LogP contribution < -0.4 is 11.1 Å². The molecule has 1 aromatic carbocycles. The summed E-state index contributed by atoms with van der Waals surface area (Å²) in [7, 11) is 0. The number of thiophene rings is 1. The number of ether oxygens (including phenoxy) is 2. The average molecular weight is 529 g/mol. The Morgan fingerprint density at radius 2 is 2.00 bits per heavy atom. The lowest BCUT2D eigenvalue weighted by molar-refractivity contribution is -0.140. The quantitative estimate of drug-likeness (QED) is 0.389. The summed E-state index contributed by atoms with van der Waals surface area (Å²) >= 11 is 1.16. The van der Waals surface area contributed by atoms with Gasteiger partial charge in [-0.2, -0.15) is 0 Å². The van der Waals surface area contributed by atoms with Crippen molar-refractivity contribution in [3.8, 4) is 10.4 Å². The van der Waals surface area contributed by atoms with Crippen LogP contribution >= 0.6 is 11.3 Å². The molecule has 0 unspecified atom stereocenters. The highest BCUT2D eigenvalue weighted by Crippen LogP contribution is 2.38. The number of primary amides is 1. The minimum absolute atomic E-state index is 0.0583. The maximum Gasteiger partial charge on any atom is 0.251 e. The first-order valence-electron chi connectivity index (χ1n) is 11.7. The van der Waals surface area contributed by atoms with Crippen LogP contribution in [-0.2, 0) is 26.5 Å². The third-order valence-electron chi connectivity index (χ3n) is 5.83. The molecular formula is C26H29FN4O5S. The average Bonchev–Trinajstić information content (AvgIpc) is 3.28. The molecule has 0 spiro atoms. The fraction of sp³-hybridized carbons (Fsp3) is 0.346. The molecule has 1 fully saturated rings. The van der Waals surface area contributed by atoms with Crippen molar-refractivity contribution in [2.24, 2.45) is 5.73 Å². The molecule has 1 aliphatic rings. The fourth-order valence-electron chi connectivity index (χ4n) is 3.79. The summed E-state index contributed by atoms with van der Waals surface area (Å²) < 4.78 is 25.7. The number of morpholine rings is 1. The van der Waals surface area contributed by atoms with E-state index in [1.807, 2.05) is 0 Å². The number of nitrogens with two attached hydrogens (primary N) is 1. The number of anilines is 2. The number of hydrogen-bond donors (Lipinski definition) is 3. The van der Waals surface area contributed by atoms with E-state index in [0.717, 1.165) is 11.3 Å². The van der Waals surface area contributed by atoms with Gasteiger partial charge in [-0.25, -0.2) is 9.37 Å². The summed E-state index contributed by atoms with van der Waals surface area (Å²) in [5, 5.41) is 13.7. The first-order valence-corrected chi connectivity index (χ1v) is 12.6. The van der Waals surface area contributed by atoms with Crippen LogP contribution in [0, 0.1) is 5.82 Å². The standard InChI is InChI=1S/C26H29FN4O5S/c1-26(2,34)16-6-7-18(20(27)12-16)21-13-19(24(28)33)25(37-21)30-22-5-3-4-17(29-22)14-36-15-23(32)31-8-10-35-11-9-31/h3-7,12-13,34H,8-11,14-15H2,1-2H3,(H2,28,33)(H,29,30). The lowest BCUT2D eigenvalue weighted by Gasteiger charge is -2.26. The molecule has 1 saturated heterocycles. The number of halogens is 1. The van der Waals surface area contributed by atoms with Gasteiger partial charge in [0.05, 0.1) is 36.7 Å². The number of pyridine rings is 1. The molecule has 2 amide bonds. The van der Waals surface area contributed by atoms with Gasteiger partial charge in [-0.15, -0.1) is 11.3 Å². The van der Waals surface area contributed by atoms with Crippen LogP contribution in [0.3, 0.4) is 0 Å². The summed E-state index contributed by atoms with van der Waals surface area (Å²) in [4.78, 5) is 31.0. The van der Waals surface area contributed by atoms with E-state index in [4.69, 9.17) is 15.2 Å². The Labute approximate surface area is 218 Å². The topological polar surface area (TPSA) is 127 Å². The minimum Gasteiger partial charge on any atom is -0.386 e. The van der Waals surface area contributed by atoms with Gasteiger partial charge in [0.2, 0.25) is 5.91 Å². The van der Waals surface area contributed by atoms with E-state index in [1.54, 1.807) is 49.1 Å². The van der Waals surface area contributed by atoms with Gasteiger partial charge >= 0.3 is 0 Å². The van der Waals surface area contributed by atoms with Crippen molar-refractivity contribution in [2.75, 3.05) is 38.2 Å². The lowest BCUT2D eigenvalue weighted by atomic mass is 9.96. The molecule has 0 radical (unpaired) electrons. The first-order chi connectivity index (χ1) is 17.6. The van der Waals surface area contributed by atoms with Crippen LogP contribution in [-0.4, -0.2) is 59.7 Å². The monoisotopic (exact) mass is 528 g/mol. The molecular weight excluding hydrogens is 499 g/mol. The Hall–Kier alpha value is -3.38. The fourth-order valence-corrected chi connectivity index (χ4v) is 4.89. The Bertz CT molecular complexity index is 1280. The number of nitrogens with one attached hydrogen (secondary N) is 1. The maximum atomic E-state index is 14.9. The summed E-state index contributed by atoms with van der Waals surface area (Å²) in [6, 6.07) is 11.3. The molecule has 3 heterocycles. The van der Waals surface area contributed by atoms with Crippen LogP contribution in [0.15, 0.2) is 42.5 Å². The highest BCUT2D eigenvalue weighted by atomic mass is 32.1. The van der Waals surface area contributed by atoms with Gasteiger partial charge < -0.3 is 30.5 Å². The third-order valence-corrected chi connectivity index (χ3v) is 6.91. The number of benzene rings is 1. The zero-order valence-electron chi connectivity index (χ0n) is 20.6. The van der Waals surface area contributed by atoms with E-state index in [0.29, 0.717) is 53.3 Å². The molecule has 0 aliphatic carbocycles. The molecule has 37 heavy (non-hydrogen) atoms. The number of carbonyl (C=O) groups is 2. The predicted molar refractivity (Wildman–Crippen MR) is 138 cm³/mol. The van der Waals surface area contributed by atoms with Crippen molar-refractivity contribution in [2.45, 2.75) is 26.1 Å². The van der Waals surface area contributed by atoms with Gasteiger partial charge in [0.25, 0.3) is 5.91 Å². The lowest BCUT2D eigenvalue weighted by Crippen LogP contribution is -2.42. The molecule has 3 aromatic rings. The van der Waals surface area contributed by atoms with Crippen molar-refractivity contribution in [1.82, 2.24) is 9.88 Å². The SMILES string of the molecule is CC(C)(O)c1ccc(-c2cc(C(N)=O)c(Nc3cccc(COCC(=O)N4CCOCC4)n3)s2)c(F)c1. The van der Waals surface area contributed by atoms with E-state index >= 15 is 0 Å². The van der Waals surface area contributed by atoms with Crippen molar-refractivity contribution in [1.29, 1.82) is 0 Å². The number of carbonyl (C=O) groups excluding carboxylic acids is 2. The number of rotatable bonds is 9. The van der Waals surface area contributed by atoms with Gasteiger partial charge in [0, 0.05) is 23.5 Å². The second kappa shape index (κ2) is 11.3. The summed E-state index contributed by atoms with van der Waals surface area (Å²) in [5.74, 6) is -0.848. The molecule has 0 atom stereocenters. The summed E-state index contributed by atoms with van der Waals surface area (Å²) in [6.07, 6.45) is 0. The second-order valence-corrected chi connectivity index (χ2v) is 10.1. The van der Waals surface area contributed by atoms with E-state index in [9.17, 15) is 19.1 Å². The number of aliphatic hydroxyl groups is 1. The van der Waals surface area contributed by atoms with Crippen molar-refractivity contribution >= 4 is 34.0 Å². The number of amides is 2. The molecule has 1 aliphatic heterocycles. The normalized spacial score (nSPS) is 14.0. The molecule has 11 heteroatoms. The first kappa shape index (κ1) is 26.7. The number of aromatic nitrogens is 1. The van der Waals surface area contributed by atoms with Crippen molar-refractivity contribution in [3.05, 3.63) is 65.1 Å². The van der Waals surface area contributed by atoms with Crippen LogP contribution in [0.4, 0.5) is 15.2 Å².